The van der Waals surface area contributed by atoms with Crippen LogP contribution in [0, 0.1) is 5.82 Å². The number of aliphatic imine (C=N–C) groups is 1. The minimum absolute atomic E-state index is 0.0948. The number of nitrogens with one attached hydrogen (secondary N) is 2. The summed E-state index contributed by atoms with van der Waals surface area (Å²) in [6.45, 7) is 6.60. The molecule has 0 saturated carbocycles. The van der Waals surface area contributed by atoms with Gasteiger partial charge in [-0.3, -0.25) is 4.99 Å². The molecule has 2 fully saturated rings. The van der Waals surface area contributed by atoms with E-state index in [0.29, 0.717) is 13.2 Å². The summed E-state index contributed by atoms with van der Waals surface area (Å²) < 4.78 is 19.1. The lowest BCUT2D eigenvalue weighted by atomic mass is 9.74. The summed E-state index contributed by atoms with van der Waals surface area (Å²) in [5.41, 5.74) is 3.60. The second-order valence-electron chi connectivity index (χ2n) is 8.98. The number of benzene rings is 2. The zero-order valence-corrected chi connectivity index (χ0v) is 19.2. The number of rotatable bonds is 6. The van der Waals surface area contributed by atoms with Gasteiger partial charge >= 0.3 is 0 Å². The SMILES string of the molecule is CN=C(NCC1(c2ccc(F)cc2)CCOCC1)NC(C)c1cccc(N2CCCC2)c1. The van der Waals surface area contributed by atoms with E-state index in [1.54, 1.807) is 19.2 Å². The van der Waals surface area contributed by atoms with Gasteiger partial charge in [0.05, 0.1) is 6.04 Å². The molecule has 0 bridgehead atoms. The zero-order chi connectivity index (χ0) is 22.4. The highest BCUT2D eigenvalue weighted by molar-refractivity contribution is 5.80. The summed E-state index contributed by atoms with van der Waals surface area (Å²) in [4.78, 5) is 6.93. The third-order valence-corrected chi connectivity index (χ3v) is 6.92. The maximum Gasteiger partial charge on any atom is 0.191 e. The standard InChI is InChI=1S/C26H35FN4O/c1-20(21-6-5-7-24(18-21)31-14-3-4-15-31)30-25(28-2)29-19-26(12-16-32-17-13-26)22-8-10-23(27)11-9-22/h5-11,18,20H,3-4,12-17,19H2,1-2H3,(H2,28,29,30). The van der Waals surface area contributed by atoms with E-state index in [1.165, 1.54) is 24.1 Å². The van der Waals surface area contributed by atoms with E-state index >= 15 is 0 Å². The molecule has 0 spiro atoms. The molecule has 2 aliphatic heterocycles. The lowest BCUT2D eigenvalue weighted by Gasteiger charge is -2.38. The third kappa shape index (κ3) is 5.23. The van der Waals surface area contributed by atoms with E-state index < -0.39 is 0 Å². The Morgan fingerprint density at radius 2 is 1.84 bits per heavy atom. The summed E-state index contributed by atoms with van der Waals surface area (Å²) >= 11 is 0. The summed E-state index contributed by atoms with van der Waals surface area (Å²) in [7, 11) is 1.80. The fourth-order valence-corrected chi connectivity index (χ4v) is 4.84. The maximum atomic E-state index is 13.5. The maximum absolute atomic E-state index is 13.5. The fourth-order valence-electron chi connectivity index (χ4n) is 4.84. The van der Waals surface area contributed by atoms with Crippen molar-refractivity contribution in [2.24, 2.45) is 4.99 Å². The highest BCUT2D eigenvalue weighted by Crippen LogP contribution is 2.34. The van der Waals surface area contributed by atoms with Crippen molar-refractivity contribution < 1.29 is 9.13 Å². The van der Waals surface area contributed by atoms with Crippen LogP contribution < -0.4 is 15.5 Å². The van der Waals surface area contributed by atoms with E-state index in [2.05, 4.69) is 51.7 Å². The van der Waals surface area contributed by atoms with Gasteiger partial charge in [-0.15, -0.1) is 0 Å². The topological polar surface area (TPSA) is 48.9 Å². The summed E-state index contributed by atoms with van der Waals surface area (Å²) in [5, 5.41) is 7.09. The number of hydrogen-bond donors (Lipinski definition) is 2. The normalized spacial score (nSPS) is 19.6. The van der Waals surface area contributed by atoms with Crippen LogP contribution in [0.1, 0.15) is 49.8 Å². The van der Waals surface area contributed by atoms with Gasteiger partial charge in [0.15, 0.2) is 5.96 Å². The number of nitrogens with zero attached hydrogens (tertiary/aromatic N) is 2. The number of halogens is 1. The van der Waals surface area contributed by atoms with Crippen LogP contribution in [0.3, 0.4) is 0 Å². The second-order valence-corrected chi connectivity index (χ2v) is 8.98. The molecule has 5 nitrogen and oxygen atoms in total. The van der Waals surface area contributed by atoms with E-state index in [1.807, 2.05) is 12.1 Å². The van der Waals surface area contributed by atoms with E-state index in [0.717, 1.165) is 44.0 Å². The van der Waals surface area contributed by atoms with Crippen LogP contribution in [0.4, 0.5) is 10.1 Å². The van der Waals surface area contributed by atoms with Crippen molar-refractivity contribution >= 4 is 11.6 Å². The predicted molar refractivity (Wildman–Crippen MR) is 129 cm³/mol. The van der Waals surface area contributed by atoms with Crippen LogP contribution >= 0.6 is 0 Å². The molecule has 1 atom stereocenters. The fraction of sp³-hybridized carbons (Fsp3) is 0.500. The number of ether oxygens (including phenoxy) is 1. The molecular weight excluding hydrogens is 403 g/mol. The Hall–Kier alpha value is -2.60. The lowest BCUT2D eigenvalue weighted by Crippen LogP contribution is -2.48. The van der Waals surface area contributed by atoms with Gasteiger partial charge in [-0.2, -0.15) is 0 Å². The van der Waals surface area contributed by atoms with Crippen LogP contribution in [0.25, 0.3) is 0 Å². The molecule has 2 aromatic carbocycles. The Bertz CT molecular complexity index is 902. The smallest absolute Gasteiger partial charge is 0.191 e. The highest BCUT2D eigenvalue weighted by atomic mass is 19.1. The average molecular weight is 439 g/mol. The number of guanidine groups is 1. The van der Waals surface area contributed by atoms with Gasteiger partial charge in [-0.05, 0) is 68.0 Å². The Morgan fingerprint density at radius 3 is 2.53 bits per heavy atom. The van der Waals surface area contributed by atoms with Crippen molar-refractivity contribution in [2.45, 2.75) is 44.1 Å². The Kier molecular flexibility index (Phi) is 7.30. The van der Waals surface area contributed by atoms with Gasteiger partial charge in [0, 0.05) is 51.0 Å². The van der Waals surface area contributed by atoms with E-state index in [4.69, 9.17) is 4.74 Å². The quantitative estimate of drug-likeness (QED) is 0.518. The van der Waals surface area contributed by atoms with E-state index in [-0.39, 0.29) is 17.3 Å². The zero-order valence-electron chi connectivity index (χ0n) is 19.2. The molecule has 6 heteroatoms. The van der Waals surface area contributed by atoms with Crippen LogP contribution in [-0.4, -0.2) is 45.9 Å². The molecule has 2 N–H and O–H groups in total. The van der Waals surface area contributed by atoms with Gasteiger partial charge in [0.1, 0.15) is 5.82 Å². The molecule has 2 aliphatic rings. The molecule has 0 radical (unpaired) electrons. The van der Waals surface area contributed by atoms with Crippen molar-refractivity contribution in [3.8, 4) is 0 Å². The van der Waals surface area contributed by atoms with Crippen molar-refractivity contribution in [3.05, 3.63) is 65.5 Å². The Morgan fingerprint density at radius 1 is 1.12 bits per heavy atom. The Labute approximate surface area is 191 Å². The minimum Gasteiger partial charge on any atom is -0.381 e. The minimum atomic E-state index is -0.202. The first kappa shape index (κ1) is 22.6. The number of hydrogen-bond acceptors (Lipinski definition) is 3. The van der Waals surface area contributed by atoms with Gasteiger partial charge in [0.25, 0.3) is 0 Å². The second kappa shape index (κ2) is 10.3. The molecule has 0 aliphatic carbocycles. The molecule has 172 valence electrons. The average Bonchev–Trinajstić information content (AvgIpc) is 3.38. The third-order valence-electron chi connectivity index (χ3n) is 6.92. The largest absolute Gasteiger partial charge is 0.381 e. The van der Waals surface area contributed by atoms with Gasteiger partial charge < -0.3 is 20.3 Å². The van der Waals surface area contributed by atoms with Crippen LogP contribution in [0.2, 0.25) is 0 Å². The molecule has 2 aromatic rings. The molecule has 2 heterocycles. The van der Waals surface area contributed by atoms with E-state index in [9.17, 15) is 4.39 Å². The summed E-state index contributed by atoms with van der Waals surface area (Å²) in [6.07, 6.45) is 4.34. The molecule has 2 saturated heterocycles. The van der Waals surface area contributed by atoms with Gasteiger partial charge in [0.2, 0.25) is 0 Å². The molecule has 0 amide bonds. The summed E-state index contributed by atoms with van der Waals surface area (Å²) in [5.74, 6) is 0.573. The van der Waals surface area contributed by atoms with Crippen LogP contribution in [0.5, 0.6) is 0 Å². The van der Waals surface area contributed by atoms with Gasteiger partial charge in [-0.1, -0.05) is 24.3 Å². The lowest BCUT2D eigenvalue weighted by molar-refractivity contribution is 0.0513. The molecule has 4 rings (SSSR count). The molecule has 32 heavy (non-hydrogen) atoms. The van der Waals surface area contributed by atoms with Crippen LogP contribution in [0.15, 0.2) is 53.5 Å². The Balaban J connectivity index is 1.42. The summed E-state index contributed by atoms with van der Waals surface area (Å²) in [6, 6.07) is 15.8. The molecule has 1 unspecified atom stereocenters. The monoisotopic (exact) mass is 438 g/mol. The molecule has 0 aromatic heterocycles. The van der Waals surface area contributed by atoms with Crippen molar-refractivity contribution in [1.82, 2.24) is 10.6 Å². The highest BCUT2D eigenvalue weighted by Gasteiger charge is 2.34. The van der Waals surface area contributed by atoms with Crippen molar-refractivity contribution in [1.29, 1.82) is 0 Å². The predicted octanol–water partition coefficient (Wildman–Crippen LogP) is 4.40. The van der Waals surface area contributed by atoms with Crippen molar-refractivity contribution in [3.63, 3.8) is 0 Å². The first-order valence-electron chi connectivity index (χ1n) is 11.8. The van der Waals surface area contributed by atoms with Crippen molar-refractivity contribution in [2.75, 3.05) is 44.8 Å². The number of anilines is 1. The van der Waals surface area contributed by atoms with Gasteiger partial charge in [-0.25, -0.2) is 4.39 Å². The van der Waals surface area contributed by atoms with Crippen LogP contribution in [-0.2, 0) is 10.2 Å². The molecular formula is C26H35FN4O. The first-order valence-corrected chi connectivity index (χ1v) is 11.8. The first-order chi connectivity index (χ1) is 15.6.